The lowest BCUT2D eigenvalue weighted by atomic mass is 9.96. The molecule has 3 heterocycles. The second kappa shape index (κ2) is 14.2. The van der Waals surface area contributed by atoms with Gasteiger partial charge >= 0.3 is 0 Å². The first kappa shape index (κ1) is 32.6. The maximum atomic E-state index is 14.8. The molecule has 0 unspecified atom stereocenters. The van der Waals surface area contributed by atoms with Crippen molar-refractivity contribution in [3.05, 3.63) is 59.7 Å². The number of carbonyl (C=O) groups excluding carboxylic acids is 2. The van der Waals surface area contributed by atoms with Gasteiger partial charge in [-0.1, -0.05) is 0 Å². The highest BCUT2D eigenvalue weighted by molar-refractivity contribution is 5.93. The quantitative estimate of drug-likeness (QED) is 0.262. The van der Waals surface area contributed by atoms with E-state index in [4.69, 9.17) is 4.74 Å². The summed E-state index contributed by atoms with van der Waals surface area (Å²) in [7, 11) is 3.41. The first-order valence-electron chi connectivity index (χ1n) is 16.9. The number of likely N-dealkylation sites (N-methyl/N-ethyl adjacent to an activating group) is 1. The topological polar surface area (TPSA) is 87.6 Å². The summed E-state index contributed by atoms with van der Waals surface area (Å²) < 4.78 is 36.8. The Labute approximate surface area is 270 Å². The summed E-state index contributed by atoms with van der Waals surface area (Å²) in [6.07, 6.45) is 6.21. The van der Waals surface area contributed by atoms with Crippen molar-refractivity contribution in [3.63, 3.8) is 0 Å². The van der Waals surface area contributed by atoms with Gasteiger partial charge in [0.05, 0.1) is 23.4 Å². The summed E-state index contributed by atoms with van der Waals surface area (Å²) in [5.74, 6) is -0.553. The number of fused-ring (bicyclic) bond motifs is 1. The maximum absolute atomic E-state index is 14.8. The number of rotatable bonds is 12. The molecule has 3 aliphatic rings. The van der Waals surface area contributed by atoms with E-state index in [1.54, 1.807) is 32.4 Å². The molecule has 0 bridgehead atoms. The van der Waals surface area contributed by atoms with E-state index in [9.17, 15) is 18.4 Å². The number of hydrogen-bond donors (Lipinski definition) is 3. The molecule has 1 aromatic heterocycles. The van der Waals surface area contributed by atoms with Gasteiger partial charge in [-0.25, -0.2) is 8.78 Å². The Bertz CT molecular complexity index is 1530. The van der Waals surface area contributed by atoms with Crippen LogP contribution in [0.1, 0.15) is 63.5 Å². The molecular weight excluding hydrogens is 588 g/mol. The van der Waals surface area contributed by atoms with Crippen LogP contribution >= 0.6 is 0 Å². The van der Waals surface area contributed by atoms with Crippen LogP contribution in [0.4, 0.5) is 8.78 Å². The minimum atomic E-state index is -0.709. The molecule has 10 heteroatoms. The Morgan fingerprint density at radius 2 is 1.74 bits per heavy atom. The molecule has 6 rings (SSSR count). The molecule has 0 radical (unpaired) electrons. The van der Waals surface area contributed by atoms with Crippen molar-refractivity contribution in [2.45, 2.75) is 88.6 Å². The van der Waals surface area contributed by atoms with Gasteiger partial charge in [0.1, 0.15) is 17.7 Å². The molecule has 46 heavy (non-hydrogen) atoms. The highest BCUT2D eigenvalue weighted by Gasteiger charge is 2.40. The van der Waals surface area contributed by atoms with Crippen LogP contribution in [0.2, 0.25) is 0 Å². The first-order valence-corrected chi connectivity index (χ1v) is 16.9. The van der Waals surface area contributed by atoms with E-state index in [0.29, 0.717) is 25.3 Å². The highest BCUT2D eigenvalue weighted by Crippen LogP contribution is 2.41. The molecule has 2 aromatic carbocycles. The number of halogens is 2. The minimum Gasteiger partial charge on any atom is -0.382 e. The van der Waals surface area contributed by atoms with Gasteiger partial charge in [0.15, 0.2) is 0 Å². The highest BCUT2D eigenvalue weighted by atomic mass is 19.1. The van der Waals surface area contributed by atoms with Crippen molar-refractivity contribution in [3.8, 4) is 11.3 Å². The van der Waals surface area contributed by atoms with E-state index in [0.717, 1.165) is 79.3 Å². The van der Waals surface area contributed by atoms with Crippen LogP contribution in [-0.2, 0) is 20.7 Å². The molecule has 3 aromatic rings. The number of nitrogens with zero attached hydrogens (tertiary/aromatic N) is 2. The number of nitrogens with one attached hydrogen (secondary N) is 3. The maximum Gasteiger partial charge on any atom is 0.245 e. The number of methoxy groups -OCH3 is 1. The number of likely N-dealkylation sites (tertiary alicyclic amines) is 1. The summed E-state index contributed by atoms with van der Waals surface area (Å²) in [5, 5.41) is 10.6. The third-order valence-corrected chi connectivity index (χ3v) is 10.2. The number of carbonyl (C=O) groups is 2. The van der Waals surface area contributed by atoms with E-state index in [1.807, 2.05) is 17.9 Å². The van der Waals surface area contributed by atoms with Crippen molar-refractivity contribution < 1.29 is 23.1 Å². The number of aromatic nitrogens is 1. The lowest BCUT2D eigenvalue weighted by Crippen LogP contribution is -2.55. The second-order valence-electron chi connectivity index (χ2n) is 13.3. The van der Waals surface area contributed by atoms with Crippen LogP contribution in [0.3, 0.4) is 0 Å². The Morgan fingerprint density at radius 3 is 2.41 bits per heavy atom. The fourth-order valence-corrected chi connectivity index (χ4v) is 7.62. The second-order valence-corrected chi connectivity index (χ2v) is 13.3. The molecule has 8 nitrogen and oxygen atoms in total. The molecule has 0 spiro atoms. The van der Waals surface area contributed by atoms with Gasteiger partial charge in [0.2, 0.25) is 11.8 Å². The zero-order chi connectivity index (χ0) is 32.4. The van der Waals surface area contributed by atoms with Gasteiger partial charge in [-0.05, 0) is 132 Å². The standard InChI is InChI=1S/C36H47F2N5O3/c1-22(46-3)19-31(41-35(44)33(39-2)23-6-7-23)36(45)42-18-4-5-28(42)21-30-29-13-12-26(38)20-32(29)43(27-14-16-40-17-15-27)34(30)24-8-10-25(37)11-9-24/h8-13,20,22-23,27-28,31,33,39-40H,4-7,14-19,21H2,1-3H3,(H,41,44)/t22-,28-,31-,33-/m0/s1. The smallest absolute Gasteiger partial charge is 0.245 e. The van der Waals surface area contributed by atoms with E-state index in [-0.39, 0.29) is 47.7 Å². The summed E-state index contributed by atoms with van der Waals surface area (Å²) in [6.45, 7) is 4.24. The summed E-state index contributed by atoms with van der Waals surface area (Å²) >= 11 is 0. The number of hydrogen-bond acceptors (Lipinski definition) is 5. The fraction of sp³-hybridized carbons (Fsp3) is 0.556. The van der Waals surface area contributed by atoms with Gasteiger partial charge in [0, 0.05) is 37.5 Å². The molecule has 1 saturated carbocycles. The summed E-state index contributed by atoms with van der Waals surface area (Å²) in [4.78, 5) is 29.6. The van der Waals surface area contributed by atoms with Crippen molar-refractivity contribution >= 4 is 22.7 Å². The Kier molecular flexibility index (Phi) is 10.1. The van der Waals surface area contributed by atoms with Crippen LogP contribution in [0, 0.1) is 17.6 Å². The molecule has 2 saturated heterocycles. The van der Waals surface area contributed by atoms with Crippen LogP contribution in [0.25, 0.3) is 22.2 Å². The summed E-state index contributed by atoms with van der Waals surface area (Å²) in [5.41, 5.74) is 3.71. The SMILES string of the molecule is CN[C@H](C(=O)N[C@@H](C[C@H](C)OC)C(=O)N1CCC[C@H]1Cc1c(-c2ccc(F)cc2)n(C2CCNCC2)c2cc(F)ccc12)C1CC1. The predicted molar refractivity (Wildman–Crippen MR) is 175 cm³/mol. The Hall–Kier alpha value is -3.34. The van der Waals surface area contributed by atoms with Gasteiger partial charge < -0.3 is 30.2 Å². The lowest BCUT2D eigenvalue weighted by Gasteiger charge is -2.32. The number of amides is 2. The fourth-order valence-electron chi connectivity index (χ4n) is 7.62. The lowest BCUT2D eigenvalue weighted by molar-refractivity contribution is -0.138. The molecule has 2 amide bonds. The average molecular weight is 636 g/mol. The van der Waals surface area contributed by atoms with Gasteiger partial charge in [-0.15, -0.1) is 0 Å². The monoisotopic (exact) mass is 635 g/mol. The predicted octanol–water partition coefficient (Wildman–Crippen LogP) is 4.95. The van der Waals surface area contributed by atoms with Crippen LogP contribution < -0.4 is 16.0 Å². The van der Waals surface area contributed by atoms with Crippen molar-refractivity contribution in [2.24, 2.45) is 5.92 Å². The Morgan fingerprint density at radius 1 is 1.02 bits per heavy atom. The van der Waals surface area contributed by atoms with Crippen LogP contribution in [-0.4, -0.2) is 79.3 Å². The van der Waals surface area contributed by atoms with Crippen molar-refractivity contribution in [2.75, 3.05) is 33.8 Å². The van der Waals surface area contributed by atoms with E-state index in [1.165, 1.54) is 18.2 Å². The van der Waals surface area contributed by atoms with Gasteiger partial charge in [-0.2, -0.15) is 0 Å². The largest absolute Gasteiger partial charge is 0.382 e. The zero-order valence-corrected chi connectivity index (χ0v) is 27.2. The molecule has 1 aliphatic carbocycles. The zero-order valence-electron chi connectivity index (χ0n) is 27.2. The van der Waals surface area contributed by atoms with Crippen molar-refractivity contribution in [1.82, 2.24) is 25.4 Å². The minimum absolute atomic E-state index is 0.0955. The summed E-state index contributed by atoms with van der Waals surface area (Å²) in [6, 6.07) is 10.5. The number of ether oxygens (including phenoxy) is 1. The Balaban J connectivity index is 1.36. The van der Waals surface area contributed by atoms with E-state index >= 15 is 0 Å². The van der Waals surface area contributed by atoms with Crippen LogP contribution in [0.15, 0.2) is 42.5 Å². The van der Waals surface area contributed by atoms with E-state index in [2.05, 4.69) is 20.5 Å². The molecule has 3 N–H and O–H groups in total. The average Bonchev–Trinajstić information content (AvgIpc) is 3.70. The number of piperidine rings is 1. The molecule has 2 aliphatic heterocycles. The van der Waals surface area contributed by atoms with E-state index < -0.39 is 6.04 Å². The van der Waals surface area contributed by atoms with Gasteiger partial charge in [0.25, 0.3) is 0 Å². The third-order valence-electron chi connectivity index (χ3n) is 10.2. The molecule has 3 fully saturated rings. The molecule has 248 valence electrons. The van der Waals surface area contributed by atoms with Crippen LogP contribution in [0.5, 0.6) is 0 Å². The first-order chi connectivity index (χ1) is 22.3. The van der Waals surface area contributed by atoms with Gasteiger partial charge in [-0.3, -0.25) is 9.59 Å². The molecule has 4 atom stereocenters. The number of benzene rings is 2. The normalized spacial score (nSPS) is 21.0. The third kappa shape index (κ3) is 6.85. The van der Waals surface area contributed by atoms with Crippen molar-refractivity contribution in [1.29, 1.82) is 0 Å². The molecular formula is C36H47F2N5O3.